The van der Waals surface area contributed by atoms with Gasteiger partial charge in [-0.1, -0.05) is 30.3 Å². The molecule has 0 bridgehead atoms. The molecule has 0 saturated heterocycles. The van der Waals surface area contributed by atoms with Gasteiger partial charge >= 0.3 is 5.97 Å². The van der Waals surface area contributed by atoms with E-state index >= 15 is 0 Å². The van der Waals surface area contributed by atoms with Crippen LogP contribution in [0.2, 0.25) is 0 Å². The average molecular weight is 615 g/mol. The molecular weight excluding hydrogens is 596 g/mol. The van der Waals surface area contributed by atoms with E-state index in [1.807, 2.05) is 48.5 Å². The number of ether oxygens (including phenoxy) is 1. The van der Waals surface area contributed by atoms with Crippen molar-refractivity contribution in [3.05, 3.63) is 84.5 Å². The minimum absolute atomic E-state index is 0.226. The van der Waals surface area contributed by atoms with Gasteiger partial charge in [0.25, 0.3) is 0 Å². The number of phenolic OH excluding ortho intramolecular Hbond substituents is 1. The highest BCUT2D eigenvalue weighted by atomic mass is 127. The third-order valence-corrected chi connectivity index (χ3v) is 5.94. The van der Waals surface area contributed by atoms with Crippen LogP contribution in [0.4, 0.5) is 0 Å². The van der Waals surface area contributed by atoms with Crippen LogP contribution >= 0.6 is 45.2 Å². The topological polar surface area (TPSA) is 92.8 Å². The summed E-state index contributed by atoms with van der Waals surface area (Å²) in [6.07, 6.45) is 0.853. The molecule has 0 spiro atoms. The number of aromatic hydroxyl groups is 1. The van der Waals surface area contributed by atoms with Crippen LogP contribution in [0.3, 0.4) is 0 Å². The highest BCUT2D eigenvalue weighted by Crippen LogP contribution is 2.35. The van der Waals surface area contributed by atoms with E-state index in [9.17, 15) is 9.90 Å². The number of hydrogen-bond donors (Lipinski definition) is 3. The Morgan fingerprint density at radius 2 is 1.66 bits per heavy atom. The summed E-state index contributed by atoms with van der Waals surface area (Å²) in [7, 11) is 0. The monoisotopic (exact) mass is 615 g/mol. The number of carboxylic acids is 1. The minimum Gasteiger partial charge on any atom is -0.508 e. The third kappa shape index (κ3) is 5.83. The van der Waals surface area contributed by atoms with Gasteiger partial charge < -0.3 is 20.7 Å². The number of carbonyl (C=O) groups is 1. The molecular formula is C22H19I2NO4. The molecule has 3 rings (SSSR count). The van der Waals surface area contributed by atoms with E-state index in [4.69, 9.17) is 15.6 Å². The summed E-state index contributed by atoms with van der Waals surface area (Å²) < 4.78 is 7.83. The zero-order valence-electron chi connectivity index (χ0n) is 15.3. The van der Waals surface area contributed by atoms with Gasteiger partial charge in [0, 0.05) is 12.0 Å². The number of carboxylic acid groups (broad SMARTS) is 1. The number of phenols is 1. The SMILES string of the molecule is NC(Cc1cc(I)c(Oc2ccc(O)c(Cc3ccccc3)c2)c(I)c1)C(=O)O. The van der Waals surface area contributed by atoms with Crippen molar-refractivity contribution in [2.75, 3.05) is 0 Å². The molecule has 0 aliphatic heterocycles. The number of benzene rings is 3. The molecule has 4 N–H and O–H groups in total. The molecule has 1 atom stereocenters. The van der Waals surface area contributed by atoms with Crippen molar-refractivity contribution in [3.63, 3.8) is 0 Å². The van der Waals surface area contributed by atoms with E-state index in [0.717, 1.165) is 23.8 Å². The van der Waals surface area contributed by atoms with Gasteiger partial charge in [0.2, 0.25) is 0 Å². The first kappa shape index (κ1) is 21.8. The maximum Gasteiger partial charge on any atom is 0.320 e. The molecule has 0 heterocycles. The van der Waals surface area contributed by atoms with Crippen molar-refractivity contribution < 1.29 is 19.7 Å². The summed E-state index contributed by atoms with van der Waals surface area (Å²) in [5.41, 5.74) is 8.37. The molecule has 0 saturated carbocycles. The average Bonchev–Trinajstić information content (AvgIpc) is 2.68. The van der Waals surface area contributed by atoms with Crippen molar-refractivity contribution in [3.8, 4) is 17.2 Å². The maximum atomic E-state index is 11.0. The lowest BCUT2D eigenvalue weighted by Gasteiger charge is -2.14. The number of rotatable bonds is 7. The Balaban J connectivity index is 1.82. The fourth-order valence-corrected chi connectivity index (χ4v) is 4.99. The van der Waals surface area contributed by atoms with Crippen LogP contribution in [0.25, 0.3) is 0 Å². The summed E-state index contributed by atoms with van der Waals surface area (Å²) in [5, 5.41) is 19.2. The smallest absolute Gasteiger partial charge is 0.320 e. The van der Waals surface area contributed by atoms with Crippen LogP contribution < -0.4 is 10.5 Å². The minimum atomic E-state index is -1.02. The molecule has 150 valence electrons. The second-order valence-corrected chi connectivity index (χ2v) is 8.92. The molecule has 29 heavy (non-hydrogen) atoms. The Hall–Kier alpha value is -1.85. The van der Waals surface area contributed by atoms with E-state index in [1.165, 1.54) is 0 Å². The Kier molecular flexibility index (Phi) is 7.36. The van der Waals surface area contributed by atoms with Crippen molar-refractivity contribution in [2.24, 2.45) is 5.73 Å². The predicted molar refractivity (Wildman–Crippen MR) is 129 cm³/mol. The van der Waals surface area contributed by atoms with Crippen LogP contribution in [0.1, 0.15) is 16.7 Å². The standard InChI is InChI=1S/C22H19I2NO4/c23-17-9-14(11-19(25)22(27)28)10-18(24)21(17)29-16-6-7-20(26)15(12-16)8-13-4-2-1-3-5-13/h1-7,9-10,12,19,26H,8,11,25H2,(H,27,28). The van der Waals surface area contributed by atoms with Gasteiger partial charge in [-0.15, -0.1) is 0 Å². The molecule has 0 fully saturated rings. The number of aliphatic carboxylic acids is 1. The lowest BCUT2D eigenvalue weighted by atomic mass is 10.0. The van der Waals surface area contributed by atoms with Crippen molar-refractivity contribution in [2.45, 2.75) is 18.9 Å². The third-order valence-electron chi connectivity index (χ3n) is 4.34. The number of hydrogen-bond acceptors (Lipinski definition) is 4. The zero-order chi connectivity index (χ0) is 21.0. The van der Waals surface area contributed by atoms with Crippen molar-refractivity contribution in [1.29, 1.82) is 0 Å². The fraction of sp³-hybridized carbons (Fsp3) is 0.136. The summed E-state index contributed by atoms with van der Waals surface area (Å²) in [6.45, 7) is 0. The highest BCUT2D eigenvalue weighted by molar-refractivity contribution is 14.1. The van der Waals surface area contributed by atoms with E-state index < -0.39 is 12.0 Å². The number of nitrogens with two attached hydrogens (primary N) is 1. The quantitative estimate of drug-likeness (QED) is 0.328. The lowest BCUT2D eigenvalue weighted by molar-refractivity contribution is -0.138. The first-order chi connectivity index (χ1) is 13.8. The molecule has 0 amide bonds. The number of halogens is 2. The van der Waals surface area contributed by atoms with Crippen molar-refractivity contribution >= 4 is 51.2 Å². The van der Waals surface area contributed by atoms with E-state index in [0.29, 0.717) is 17.9 Å². The largest absolute Gasteiger partial charge is 0.508 e. The van der Waals surface area contributed by atoms with Gasteiger partial charge in [-0.25, -0.2) is 0 Å². The van der Waals surface area contributed by atoms with E-state index in [2.05, 4.69) is 45.2 Å². The van der Waals surface area contributed by atoms with Crippen LogP contribution in [-0.4, -0.2) is 22.2 Å². The Labute approximate surface area is 196 Å². The van der Waals surface area contributed by atoms with Crippen LogP contribution in [0.15, 0.2) is 60.7 Å². The molecule has 0 radical (unpaired) electrons. The van der Waals surface area contributed by atoms with Gasteiger partial charge in [-0.3, -0.25) is 4.79 Å². The first-order valence-electron chi connectivity index (χ1n) is 8.83. The van der Waals surface area contributed by atoms with Gasteiger partial charge in [-0.05, 0) is 93.1 Å². The fourth-order valence-electron chi connectivity index (χ4n) is 2.87. The zero-order valence-corrected chi connectivity index (χ0v) is 19.6. The molecule has 3 aromatic carbocycles. The Bertz CT molecular complexity index is 1000. The van der Waals surface area contributed by atoms with Gasteiger partial charge in [-0.2, -0.15) is 0 Å². The normalized spacial score (nSPS) is 11.8. The van der Waals surface area contributed by atoms with Crippen LogP contribution in [0, 0.1) is 7.14 Å². The molecule has 5 nitrogen and oxygen atoms in total. The Morgan fingerprint density at radius 1 is 1.00 bits per heavy atom. The molecule has 3 aromatic rings. The van der Waals surface area contributed by atoms with Crippen LogP contribution in [0.5, 0.6) is 17.2 Å². The molecule has 7 heteroatoms. The van der Waals surface area contributed by atoms with Crippen molar-refractivity contribution in [1.82, 2.24) is 0 Å². The molecule has 1 unspecified atom stereocenters. The summed E-state index contributed by atoms with van der Waals surface area (Å²) in [6, 6.07) is 17.9. The van der Waals surface area contributed by atoms with Gasteiger partial charge in [0.05, 0.1) is 7.14 Å². The first-order valence-corrected chi connectivity index (χ1v) is 11.0. The summed E-state index contributed by atoms with van der Waals surface area (Å²) >= 11 is 4.34. The molecule has 0 aliphatic carbocycles. The second kappa shape index (κ2) is 9.77. The van der Waals surface area contributed by atoms with E-state index in [-0.39, 0.29) is 12.2 Å². The molecule has 0 aromatic heterocycles. The maximum absolute atomic E-state index is 11.0. The Morgan fingerprint density at radius 3 is 2.28 bits per heavy atom. The lowest BCUT2D eigenvalue weighted by Crippen LogP contribution is -2.32. The summed E-state index contributed by atoms with van der Waals surface area (Å²) in [4.78, 5) is 11.0. The van der Waals surface area contributed by atoms with E-state index in [1.54, 1.807) is 12.1 Å². The second-order valence-electron chi connectivity index (χ2n) is 6.59. The summed E-state index contributed by atoms with van der Waals surface area (Å²) in [5.74, 6) is 0.517. The van der Waals surface area contributed by atoms with Crippen LogP contribution in [-0.2, 0) is 17.6 Å². The van der Waals surface area contributed by atoms with Gasteiger partial charge in [0.1, 0.15) is 17.5 Å². The predicted octanol–water partition coefficient (Wildman–Crippen LogP) is 4.94. The molecule has 0 aliphatic rings. The van der Waals surface area contributed by atoms with Gasteiger partial charge in [0.15, 0.2) is 5.75 Å². The highest BCUT2D eigenvalue weighted by Gasteiger charge is 2.16.